The molecule has 0 unspecified atom stereocenters. The lowest BCUT2D eigenvalue weighted by Crippen LogP contribution is -2.52. The monoisotopic (exact) mass is 521 g/mol. The van der Waals surface area contributed by atoms with Crippen LogP contribution in [0.5, 0.6) is 0 Å². The van der Waals surface area contributed by atoms with Gasteiger partial charge in [-0.1, -0.05) is 73.2 Å². The molecule has 0 saturated heterocycles. The first-order valence-electron chi connectivity index (χ1n) is 12.4. The number of carbonyl (C=O) groups excluding carboxylic acids is 2. The third-order valence-electron chi connectivity index (χ3n) is 6.30. The third-order valence-corrected chi connectivity index (χ3v) is 8.08. The van der Waals surface area contributed by atoms with Crippen LogP contribution in [0.25, 0.3) is 0 Å². The largest absolute Gasteiger partial charge is 0.352 e. The molecule has 1 N–H and O–H groups in total. The van der Waals surface area contributed by atoms with E-state index in [9.17, 15) is 18.0 Å². The van der Waals surface area contributed by atoms with Gasteiger partial charge in [-0.05, 0) is 57.0 Å². The fourth-order valence-corrected chi connectivity index (χ4v) is 5.22. The molecule has 0 aliphatic carbocycles. The fraction of sp³-hybridized carbons (Fsp3) is 0.310. The molecule has 3 rings (SSSR count). The van der Waals surface area contributed by atoms with Crippen molar-refractivity contribution in [2.24, 2.45) is 0 Å². The molecular formula is C29H35N3O4S. The van der Waals surface area contributed by atoms with Crippen molar-refractivity contribution in [3.63, 3.8) is 0 Å². The van der Waals surface area contributed by atoms with Crippen LogP contribution in [0.3, 0.4) is 0 Å². The highest BCUT2D eigenvalue weighted by molar-refractivity contribution is 7.92. The summed E-state index contributed by atoms with van der Waals surface area (Å²) in [7, 11) is -4.04. The molecule has 8 heteroatoms. The third kappa shape index (κ3) is 7.20. The molecule has 3 aromatic rings. The van der Waals surface area contributed by atoms with Crippen LogP contribution in [0.15, 0.2) is 89.8 Å². The maximum atomic E-state index is 13.8. The average molecular weight is 522 g/mol. The first-order valence-corrected chi connectivity index (χ1v) is 13.9. The molecule has 0 bridgehead atoms. The summed E-state index contributed by atoms with van der Waals surface area (Å²) >= 11 is 0. The molecule has 0 saturated carbocycles. The minimum absolute atomic E-state index is 0.0504. The van der Waals surface area contributed by atoms with E-state index in [1.54, 1.807) is 55.5 Å². The van der Waals surface area contributed by atoms with Gasteiger partial charge in [0.1, 0.15) is 12.6 Å². The predicted octanol–water partition coefficient (Wildman–Crippen LogP) is 4.52. The van der Waals surface area contributed by atoms with Crippen LogP contribution in [-0.2, 0) is 26.2 Å². The van der Waals surface area contributed by atoms with Crippen LogP contribution >= 0.6 is 0 Å². The van der Waals surface area contributed by atoms with Gasteiger partial charge in [0.25, 0.3) is 10.0 Å². The van der Waals surface area contributed by atoms with Gasteiger partial charge in [-0.15, -0.1) is 0 Å². The number of hydrogen-bond acceptors (Lipinski definition) is 4. The van der Waals surface area contributed by atoms with Gasteiger partial charge in [0.15, 0.2) is 0 Å². The van der Waals surface area contributed by atoms with Crippen LogP contribution < -0.4 is 9.62 Å². The first-order chi connectivity index (χ1) is 17.6. The lowest BCUT2D eigenvalue weighted by molar-refractivity contribution is -0.139. The summed E-state index contributed by atoms with van der Waals surface area (Å²) in [5.41, 5.74) is 2.29. The fourth-order valence-electron chi connectivity index (χ4n) is 3.78. The van der Waals surface area contributed by atoms with Crippen LogP contribution in [-0.4, -0.2) is 43.8 Å². The van der Waals surface area contributed by atoms with Crippen molar-refractivity contribution in [2.45, 2.75) is 57.6 Å². The van der Waals surface area contributed by atoms with Crippen LogP contribution in [0.1, 0.15) is 38.3 Å². The average Bonchev–Trinajstić information content (AvgIpc) is 2.91. The molecule has 0 heterocycles. The van der Waals surface area contributed by atoms with Gasteiger partial charge >= 0.3 is 0 Å². The van der Waals surface area contributed by atoms with E-state index in [-0.39, 0.29) is 23.4 Å². The Morgan fingerprint density at radius 3 is 2.00 bits per heavy atom. The molecule has 0 aliphatic rings. The molecule has 0 fully saturated rings. The Morgan fingerprint density at radius 2 is 1.43 bits per heavy atom. The van der Waals surface area contributed by atoms with Gasteiger partial charge in [0, 0.05) is 12.6 Å². The lowest BCUT2D eigenvalue weighted by atomic mass is 10.1. The molecule has 0 radical (unpaired) electrons. The predicted molar refractivity (Wildman–Crippen MR) is 147 cm³/mol. The van der Waals surface area contributed by atoms with Crippen molar-refractivity contribution in [2.75, 3.05) is 10.8 Å². The molecule has 7 nitrogen and oxygen atoms in total. The second-order valence-corrected chi connectivity index (χ2v) is 11.0. The molecular weight excluding hydrogens is 486 g/mol. The summed E-state index contributed by atoms with van der Waals surface area (Å²) < 4.78 is 28.4. The molecule has 0 aromatic heterocycles. The number of benzene rings is 3. The number of aryl methyl sites for hydroxylation is 1. The minimum Gasteiger partial charge on any atom is -0.352 e. The van der Waals surface area contributed by atoms with E-state index in [1.165, 1.54) is 17.0 Å². The van der Waals surface area contributed by atoms with Crippen LogP contribution in [0.4, 0.5) is 5.69 Å². The van der Waals surface area contributed by atoms with Gasteiger partial charge in [0.05, 0.1) is 10.6 Å². The highest BCUT2D eigenvalue weighted by atomic mass is 32.2. The number of nitrogens with zero attached hydrogens (tertiary/aromatic N) is 2. The van der Waals surface area contributed by atoms with Crippen molar-refractivity contribution < 1.29 is 18.0 Å². The lowest BCUT2D eigenvalue weighted by Gasteiger charge is -2.32. The van der Waals surface area contributed by atoms with Gasteiger partial charge in [-0.3, -0.25) is 13.9 Å². The normalized spacial score (nSPS) is 12.9. The van der Waals surface area contributed by atoms with Gasteiger partial charge in [0.2, 0.25) is 11.8 Å². The summed E-state index contributed by atoms with van der Waals surface area (Å²) in [6, 6.07) is 23.4. The summed E-state index contributed by atoms with van der Waals surface area (Å²) in [4.78, 5) is 28.4. The van der Waals surface area contributed by atoms with E-state index in [2.05, 4.69) is 5.32 Å². The number of sulfonamides is 1. The molecule has 0 spiro atoms. The summed E-state index contributed by atoms with van der Waals surface area (Å²) in [6.45, 7) is 7.23. The van der Waals surface area contributed by atoms with E-state index < -0.39 is 28.5 Å². The maximum absolute atomic E-state index is 13.8. The number of carbonyl (C=O) groups is 2. The van der Waals surface area contributed by atoms with Crippen molar-refractivity contribution in [3.8, 4) is 0 Å². The standard InChI is InChI=1S/C29H35N3O4S/c1-5-23(3)30-29(34)24(4)31(20-25-18-16-22(2)17-19-25)28(33)21-32(26-12-8-6-9-13-26)37(35,36)27-14-10-7-11-15-27/h6-19,23-24H,5,20-21H2,1-4H3,(H,30,34)/t23-,24+/m1/s1. The summed E-state index contributed by atoms with van der Waals surface area (Å²) in [6.07, 6.45) is 0.751. The van der Waals surface area contributed by atoms with Crippen molar-refractivity contribution in [1.29, 1.82) is 0 Å². The zero-order valence-corrected chi connectivity index (χ0v) is 22.6. The quantitative estimate of drug-likeness (QED) is 0.402. The van der Waals surface area contributed by atoms with Crippen molar-refractivity contribution in [3.05, 3.63) is 96.1 Å². The first kappa shape index (κ1) is 27.9. The molecule has 3 aromatic carbocycles. The maximum Gasteiger partial charge on any atom is 0.264 e. The van der Waals surface area contributed by atoms with E-state index in [0.717, 1.165) is 21.9 Å². The topological polar surface area (TPSA) is 86.8 Å². The Hall–Kier alpha value is -3.65. The zero-order chi connectivity index (χ0) is 27.0. The summed E-state index contributed by atoms with van der Waals surface area (Å²) in [5, 5.41) is 2.94. The molecule has 37 heavy (non-hydrogen) atoms. The Morgan fingerprint density at radius 1 is 0.865 bits per heavy atom. The SMILES string of the molecule is CC[C@@H](C)NC(=O)[C@H](C)N(Cc1ccc(C)cc1)C(=O)CN(c1ccccc1)S(=O)(=O)c1ccccc1. The molecule has 196 valence electrons. The van der Waals surface area contributed by atoms with Crippen molar-refractivity contribution in [1.82, 2.24) is 10.2 Å². The number of rotatable bonds is 11. The molecule has 2 amide bonds. The second kappa shape index (κ2) is 12.5. The Bertz CT molecular complexity index is 1280. The molecule has 2 atom stereocenters. The zero-order valence-electron chi connectivity index (χ0n) is 21.8. The van der Waals surface area contributed by atoms with Crippen molar-refractivity contribution >= 4 is 27.5 Å². The van der Waals surface area contributed by atoms with E-state index >= 15 is 0 Å². The van der Waals surface area contributed by atoms with Gasteiger partial charge < -0.3 is 10.2 Å². The van der Waals surface area contributed by atoms with Gasteiger partial charge in [-0.2, -0.15) is 0 Å². The van der Waals surface area contributed by atoms with Crippen LogP contribution in [0, 0.1) is 6.92 Å². The van der Waals surface area contributed by atoms with E-state index in [1.807, 2.05) is 45.0 Å². The Balaban J connectivity index is 1.98. The number of nitrogens with one attached hydrogen (secondary N) is 1. The van der Waals surface area contributed by atoms with E-state index in [0.29, 0.717) is 5.69 Å². The smallest absolute Gasteiger partial charge is 0.264 e. The Kier molecular flexibility index (Phi) is 9.47. The van der Waals surface area contributed by atoms with E-state index in [4.69, 9.17) is 0 Å². The number of amides is 2. The summed E-state index contributed by atoms with van der Waals surface area (Å²) in [5.74, 6) is -0.761. The number of anilines is 1. The Labute approximate surface area is 220 Å². The number of hydrogen-bond donors (Lipinski definition) is 1. The highest BCUT2D eigenvalue weighted by Crippen LogP contribution is 2.24. The second-order valence-electron chi connectivity index (χ2n) is 9.16. The molecule has 0 aliphatic heterocycles. The highest BCUT2D eigenvalue weighted by Gasteiger charge is 2.32. The van der Waals surface area contributed by atoms with Crippen LogP contribution in [0.2, 0.25) is 0 Å². The minimum atomic E-state index is -4.04. The van der Waals surface area contributed by atoms with Gasteiger partial charge in [-0.25, -0.2) is 8.42 Å². The number of para-hydroxylation sites is 1.